The third-order valence-electron chi connectivity index (χ3n) is 2.13. The summed E-state index contributed by atoms with van der Waals surface area (Å²) in [6, 6.07) is 5.43. The zero-order valence-electron chi connectivity index (χ0n) is 8.70. The van der Waals surface area contributed by atoms with Crippen LogP contribution in [-0.4, -0.2) is 17.0 Å². The molecule has 3 nitrogen and oxygen atoms in total. The van der Waals surface area contributed by atoms with E-state index in [0.29, 0.717) is 5.56 Å². The SMILES string of the molecule is O=C1NC(c2cccc(OC(F)(F)F)c2)SC1Cl. The van der Waals surface area contributed by atoms with E-state index in [0.717, 1.165) is 11.8 Å². The zero-order chi connectivity index (χ0) is 13.3. The molecule has 2 unspecified atom stereocenters. The highest BCUT2D eigenvalue weighted by molar-refractivity contribution is 8.02. The van der Waals surface area contributed by atoms with Crippen LogP contribution in [0.3, 0.4) is 0 Å². The first-order valence-electron chi connectivity index (χ1n) is 4.81. The summed E-state index contributed by atoms with van der Waals surface area (Å²) in [6.45, 7) is 0. The minimum atomic E-state index is -4.74. The molecular formula is C10H7ClF3NO2S. The molecule has 1 aliphatic rings. The van der Waals surface area contributed by atoms with Crippen molar-refractivity contribution in [2.45, 2.75) is 16.4 Å². The molecule has 0 aliphatic carbocycles. The number of carbonyl (C=O) groups excluding carboxylic acids is 1. The van der Waals surface area contributed by atoms with Gasteiger partial charge in [-0.2, -0.15) is 0 Å². The summed E-state index contributed by atoms with van der Waals surface area (Å²) in [4.78, 5) is 11.2. The summed E-state index contributed by atoms with van der Waals surface area (Å²) >= 11 is 6.81. The minimum absolute atomic E-state index is 0.326. The van der Waals surface area contributed by atoms with Gasteiger partial charge in [-0.1, -0.05) is 12.1 Å². The molecule has 0 spiro atoms. The van der Waals surface area contributed by atoms with Gasteiger partial charge in [0.05, 0.1) is 0 Å². The molecule has 1 aliphatic heterocycles. The van der Waals surface area contributed by atoms with E-state index in [1.165, 1.54) is 18.2 Å². The van der Waals surface area contributed by atoms with Crippen LogP contribution in [0.4, 0.5) is 13.2 Å². The third kappa shape index (κ3) is 3.23. The summed E-state index contributed by atoms with van der Waals surface area (Å²) in [6.07, 6.45) is -4.74. The molecule has 0 radical (unpaired) electrons. The van der Waals surface area contributed by atoms with Crippen LogP contribution in [0.5, 0.6) is 5.75 Å². The molecule has 1 amide bonds. The fourth-order valence-corrected chi connectivity index (χ4v) is 2.74. The van der Waals surface area contributed by atoms with Gasteiger partial charge in [-0.25, -0.2) is 0 Å². The number of thioether (sulfide) groups is 1. The van der Waals surface area contributed by atoms with Crippen molar-refractivity contribution in [2.75, 3.05) is 0 Å². The molecule has 98 valence electrons. The van der Waals surface area contributed by atoms with Gasteiger partial charge >= 0.3 is 6.36 Å². The third-order valence-corrected chi connectivity index (χ3v) is 3.75. The van der Waals surface area contributed by atoms with Crippen LogP contribution in [0.1, 0.15) is 10.9 Å². The second kappa shape index (κ2) is 4.89. The second-order valence-electron chi connectivity index (χ2n) is 3.46. The van der Waals surface area contributed by atoms with E-state index in [9.17, 15) is 18.0 Å². The quantitative estimate of drug-likeness (QED) is 0.853. The average Bonchev–Trinajstić information content (AvgIpc) is 2.57. The first-order valence-corrected chi connectivity index (χ1v) is 6.19. The second-order valence-corrected chi connectivity index (χ2v) is 5.37. The number of hydrogen-bond acceptors (Lipinski definition) is 3. The van der Waals surface area contributed by atoms with Gasteiger partial charge in [0.25, 0.3) is 0 Å². The molecule has 18 heavy (non-hydrogen) atoms. The maximum Gasteiger partial charge on any atom is 0.573 e. The highest BCUT2D eigenvalue weighted by atomic mass is 35.5. The lowest BCUT2D eigenvalue weighted by molar-refractivity contribution is -0.274. The Morgan fingerprint density at radius 3 is 2.67 bits per heavy atom. The van der Waals surface area contributed by atoms with Crippen molar-refractivity contribution in [3.05, 3.63) is 29.8 Å². The Labute approximate surface area is 110 Å². The predicted molar refractivity (Wildman–Crippen MR) is 61.2 cm³/mol. The van der Waals surface area contributed by atoms with Gasteiger partial charge in [0.15, 0.2) is 4.71 Å². The molecule has 1 fully saturated rings. The Morgan fingerprint density at radius 2 is 2.11 bits per heavy atom. The maximum atomic E-state index is 12.1. The fourth-order valence-electron chi connectivity index (χ4n) is 1.45. The van der Waals surface area contributed by atoms with Crippen LogP contribution in [0, 0.1) is 0 Å². The first-order chi connectivity index (χ1) is 8.35. The summed E-state index contributed by atoms with van der Waals surface area (Å²) < 4.78 is 39.2. The lowest BCUT2D eigenvalue weighted by Gasteiger charge is -2.13. The Bertz CT molecular complexity index is 469. The number of amides is 1. The molecule has 1 N–H and O–H groups in total. The summed E-state index contributed by atoms with van der Waals surface area (Å²) in [5.41, 5.74) is 0.498. The van der Waals surface area contributed by atoms with Crippen LogP contribution in [0.2, 0.25) is 0 Å². The molecule has 0 aromatic heterocycles. The van der Waals surface area contributed by atoms with Gasteiger partial charge in [-0.15, -0.1) is 36.5 Å². The normalized spacial score (nSPS) is 23.9. The van der Waals surface area contributed by atoms with Gasteiger partial charge < -0.3 is 10.1 Å². The van der Waals surface area contributed by atoms with Crippen molar-refractivity contribution >= 4 is 29.3 Å². The molecule has 1 aromatic carbocycles. The zero-order valence-corrected chi connectivity index (χ0v) is 10.3. The lowest BCUT2D eigenvalue weighted by atomic mass is 10.2. The molecule has 2 atom stereocenters. The first kappa shape index (κ1) is 13.4. The highest BCUT2D eigenvalue weighted by Crippen LogP contribution is 2.38. The standard InChI is InChI=1S/C10H7ClF3NO2S/c11-7-8(16)15-9(18-7)5-2-1-3-6(4-5)17-10(12,13)14/h1-4,7,9H,(H,15,16). The van der Waals surface area contributed by atoms with Crippen molar-refractivity contribution < 1.29 is 22.7 Å². The Balaban J connectivity index is 2.15. The van der Waals surface area contributed by atoms with Crippen LogP contribution in [0.15, 0.2) is 24.3 Å². The lowest BCUT2D eigenvalue weighted by Crippen LogP contribution is -2.21. The summed E-state index contributed by atoms with van der Waals surface area (Å²) in [5, 5.41) is 2.10. The van der Waals surface area contributed by atoms with Crippen LogP contribution < -0.4 is 10.1 Å². The number of carbonyl (C=O) groups is 1. The predicted octanol–water partition coefficient (Wildman–Crippen LogP) is 3.01. The van der Waals surface area contributed by atoms with E-state index in [1.54, 1.807) is 6.07 Å². The van der Waals surface area contributed by atoms with E-state index in [2.05, 4.69) is 10.1 Å². The Hall–Kier alpha value is -1.08. The number of alkyl halides is 4. The van der Waals surface area contributed by atoms with Crippen molar-refractivity contribution in [3.8, 4) is 5.75 Å². The number of ether oxygens (including phenoxy) is 1. The number of rotatable bonds is 2. The van der Waals surface area contributed by atoms with Gasteiger partial charge in [0.1, 0.15) is 11.1 Å². The number of halogens is 4. The topological polar surface area (TPSA) is 38.3 Å². The van der Waals surface area contributed by atoms with Crippen molar-refractivity contribution in [3.63, 3.8) is 0 Å². The van der Waals surface area contributed by atoms with E-state index < -0.39 is 16.4 Å². The maximum absolute atomic E-state index is 12.1. The largest absolute Gasteiger partial charge is 0.573 e. The molecule has 0 saturated carbocycles. The molecular weight excluding hydrogens is 291 g/mol. The smallest absolute Gasteiger partial charge is 0.406 e. The molecule has 1 aromatic rings. The summed E-state index contributed by atoms with van der Waals surface area (Å²) in [7, 11) is 0. The molecule has 2 rings (SSSR count). The highest BCUT2D eigenvalue weighted by Gasteiger charge is 2.33. The van der Waals surface area contributed by atoms with Gasteiger partial charge in [-0.3, -0.25) is 4.79 Å². The van der Waals surface area contributed by atoms with Crippen LogP contribution in [-0.2, 0) is 4.79 Å². The van der Waals surface area contributed by atoms with Crippen LogP contribution >= 0.6 is 23.4 Å². The fraction of sp³-hybridized carbons (Fsp3) is 0.300. The Kier molecular flexibility index (Phi) is 3.63. The van der Waals surface area contributed by atoms with E-state index in [-0.39, 0.29) is 11.7 Å². The van der Waals surface area contributed by atoms with E-state index >= 15 is 0 Å². The van der Waals surface area contributed by atoms with E-state index in [4.69, 9.17) is 11.6 Å². The van der Waals surface area contributed by atoms with Crippen molar-refractivity contribution in [2.24, 2.45) is 0 Å². The van der Waals surface area contributed by atoms with Crippen molar-refractivity contribution in [1.82, 2.24) is 5.32 Å². The van der Waals surface area contributed by atoms with Gasteiger partial charge in [0, 0.05) is 0 Å². The van der Waals surface area contributed by atoms with Gasteiger partial charge in [0.2, 0.25) is 5.91 Å². The summed E-state index contributed by atoms with van der Waals surface area (Å²) in [5.74, 6) is -0.679. The molecule has 1 saturated heterocycles. The average molecular weight is 298 g/mol. The molecule has 0 bridgehead atoms. The van der Waals surface area contributed by atoms with Crippen LogP contribution in [0.25, 0.3) is 0 Å². The minimum Gasteiger partial charge on any atom is -0.406 e. The molecule has 1 heterocycles. The van der Waals surface area contributed by atoms with Crippen molar-refractivity contribution in [1.29, 1.82) is 0 Å². The number of nitrogens with one attached hydrogen (secondary N) is 1. The Morgan fingerprint density at radius 1 is 1.39 bits per heavy atom. The van der Waals surface area contributed by atoms with E-state index in [1.807, 2.05) is 0 Å². The van der Waals surface area contributed by atoms with Gasteiger partial charge in [-0.05, 0) is 17.7 Å². The monoisotopic (exact) mass is 297 g/mol. The number of hydrogen-bond donors (Lipinski definition) is 1. The molecule has 8 heteroatoms. The number of benzene rings is 1.